The molecule has 0 saturated carbocycles. The lowest BCUT2D eigenvalue weighted by Gasteiger charge is -2.15. The Morgan fingerprint density at radius 1 is 0.875 bits per heavy atom. The lowest BCUT2D eigenvalue weighted by Crippen LogP contribution is -2.36. The number of ether oxygens (including phenoxy) is 1. The van der Waals surface area contributed by atoms with E-state index in [0.717, 1.165) is 29.0 Å². The number of anilines is 1. The average molecular weight is 447 g/mol. The van der Waals surface area contributed by atoms with Gasteiger partial charge in [0.2, 0.25) is 5.91 Å². The topological polar surface area (TPSA) is 50.4 Å². The minimum Gasteiger partial charge on any atom is -0.489 e. The smallest absolute Gasteiger partial charge is 0.233 e. The molecule has 1 atom stereocenters. The van der Waals surface area contributed by atoms with E-state index in [-0.39, 0.29) is 16.9 Å². The molecule has 0 radical (unpaired) electrons. The summed E-state index contributed by atoms with van der Waals surface area (Å²) in [6, 6.07) is 25.7. The van der Waals surface area contributed by atoms with Crippen molar-refractivity contribution in [2.24, 2.45) is 5.92 Å². The van der Waals surface area contributed by atoms with Crippen LogP contribution in [0, 0.1) is 5.92 Å². The van der Waals surface area contributed by atoms with Crippen molar-refractivity contribution in [2.75, 3.05) is 5.32 Å². The third-order valence-electron chi connectivity index (χ3n) is 5.11. The van der Waals surface area contributed by atoms with Crippen molar-refractivity contribution in [3.63, 3.8) is 0 Å². The van der Waals surface area contributed by atoms with E-state index in [1.54, 1.807) is 0 Å². The van der Waals surface area contributed by atoms with E-state index < -0.39 is 0 Å². The standard InChI is InChI=1S/C27H30N2O2S/c1-19(2)17-21-9-11-23(12-10-21)20(3)26(30)29-27(32)28-24-13-15-25(16-14-24)31-18-22-7-5-4-6-8-22/h4-16,19-20H,17-18H2,1-3H3,(H2,28,29,30,32). The maximum absolute atomic E-state index is 12.6. The number of carbonyl (C=O) groups excluding carboxylic acids is 1. The number of thiocarbonyl (C=S) groups is 1. The molecule has 3 rings (SSSR count). The van der Waals surface area contributed by atoms with Crippen LogP contribution in [0.15, 0.2) is 78.9 Å². The minimum atomic E-state index is -0.295. The highest BCUT2D eigenvalue weighted by Gasteiger charge is 2.16. The molecule has 166 valence electrons. The Morgan fingerprint density at radius 2 is 1.53 bits per heavy atom. The molecule has 0 aliphatic rings. The summed E-state index contributed by atoms with van der Waals surface area (Å²) in [6.07, 6.45) is 1.03. The van der Waals surface area contributed by atoms with E-state index >= 15 is 0 Å². The second kappa shape index (κ2) is 11.4. The van der Waals surface area contributed by atoms with Crippen molar-refractivity contribution in [3.05, 3.63) is 95.6 Å². The van der Waals surface area contributed by atoms with Crippen LogP contribution in [0.1, 0.15) is 43.4 Å². The Kier molecular flexibility index (Phi) is 8.40. The van der Waals surface area contributed by atoms with Gasteiger partial charge >= 0.3 is 0 Å². The lowest BCUT2D eigenvalue weighted by molar-refractivity contribution is -0.120. The Bertz CT molecular complexity index is 1020. The number of rotatable bonds is 8. The third kappa shape index (κ3) is 7.20. The zero-order valence-corrected chi connectivity index (χ0v) is 19.6. The van der Waals surface area contributed by atoms with Crippen molar-refractivity contribution in [1.82, 2.24) is 5.32 Å². The highest BCUT2D eigenvalue weighted by atomic mass is 32.1. The first-order chi connectivity index (χ1) is 15.4. The molecule has 1 amide bonds. The molecule has 3 aromatic carbocycles. The van der Waals surface area contributed by atoms with Gasteiger partial charge in [0.25, 0.3) is 0 Å². The molecule has 3 aromatic rings. The number of benzene rings is 3. The van der Waals surface area contributed by atoms with E-state index in [1.807, 2.05) is 73.7 Å². The van der Waals surface area contributed by atoms with Crippen LogP contribution in [0.4, 0.5) is 5.69 Å². The Hall–Kier alpha value is -3.18. The molecule has 0 fully saturated rings. The minimum absolute atomic E-state index is 0.137. The maximum atomic E-state index is 12.6. The van der Waals surface area contributed by atoms with Crippen LogP contribution >= 0.6 is 12.2 Å². The molecule has 2 N–H and O–H groups in total. The van der Waals surface area contributed by atoms with Crippen LogP contribution in [0.5, 0.6) is 5.75 Å². The van der Waals surface area contributed by atoms with Crippen LogP contribution in [0.2, 0.25) is 0 Å². The molecule has 0 aromatic heterocycles. The monoisotopic (exact) mass is 446 g/mol. The molecular weight excluding hydrogens is 416 g/mol. The van der Waals surface area contributed by atoms with E-state index in [4.69, 9.17) is 17.0 Å². The predicted molar refractivity (Wildman–Crippen MR) is 135 cm³/mol. The van der Waals surface area contributed by atoms with E-state index in [0.29, 0.717) is 12.5 Å². The summed E-state index contributed by atoms with van der Waals surface area (Å²) in [6.45, 7) is 6.79. The molecule has 0 aliphatic carbocycles. The van der Waals surface area contributed by atoms with Gasteiger partial charge in [0.1, 0.15) is 12.4 Å². The van der Waals surface area contributed by atoms with Gasteiger partial charge in [0, 0.05) is 5.69 Å². The Morgan fingerprint density at radius 3 is 2.16 bits per heavy atom. The first kappa shape index (κ1) is 23.5. The first-order valence-corrected chi connectivity index (χ1v) is 11.3. The molecule has 0 spiro atoms. The second-order valence-electron chi connectivity index (χ2n) is 8.30. The number of amides is 1. The predicted octanol–water partition coefficient (Wildman–Crippen LogP) is 6.08. The van der Waals surface area contributed by atoms with Crippen molar-refractivity contribution in [3.8, 4) is 5.75 Å². The summed E-state index contributed by atoms with van der Waals surface area (Å²) in [4.78, 5) is 12.6. The molecule has 1 unspecified atom stereocenters. The molecule has 0 aliphatic heterocycles. The molecule has 32 heavy (non-hydrogen) atoms. The lowest BCUT2D eigenvalue weighted by atomic mass is 9.96. The fourth-order valence-corrected chi connectivity index (χ4v) is 3.54. The Labute approximate surface area is 196 Å². The van der Waals surface area contributed by atoms with Gasteiger partial charge in [-0.05, 0) is 72.4 Å². The largest absolute Gasteiger partial charge is 0.489 e. The van der Waals surface area contributed by atoms with E-state index in [2.05, 4.69) is 36.6 Å². The highest BCUT2D eigenvalue weighted by Crippen LogP contribution is 2.19. The normalized spacial score (nSPS) is 11.6. The highest BCUT2D eigenvalue weighted by molar-refractivity contribution is 7.80. The summed E-state index contributed by atoms with van der Waals surface area (Å²) >= 11 is 5.32. The number of hydrogen-bond donors (Lipinski definition) is 2. The molecule has 0 saturated heterocycles. The second-order valence-corrected chi connectivity index (χ2v) is 8.71. The van der Waals surface area contributed by atoms with Crippen LogP contribution in [-0.4, -0.2) is 11.0 Å². The molecule has 0 bridgehead atoms. The van der Waals surface area contributed by atoms with Gasteiger partial charge < -0.3 is 15.4 Å². The van der Waals surface area contributed by atoms with Crippen LogP contribution < -0.4 is 15.4 Å². The number of hydrogen-bond acceptors (Lipinski definition) is 3. The molecule has 4 nitrogen and oxygen atoms in total. The molecular formula is C27H30N2O2S. The van der Waals surface area contributed by atoms with Gasteiger partial charge in [0.15, 0.2) is 5.11 Å². The zero-order valence-electron chi connectivity index (χ0n) is 18.8. The average Bonchev–Trinajstić information content (AvgIpc) is 2.79. The van der Waals surface area contributed by atoms with Gasteiger partial charge in [-0.1, -0.05) is 68.4 Å². The maximum Gasteiger partial charge on any atom is 0.233 e. The van der Waals surface area contributed by atoms with Crippen molar-refractivity contribution in [1.29, 1.82) is 0 Å². The van der Waals surface area contributed by atoms with Crippen LogP contribution in [-0.2, 0) is 17.8 Å². The summed E-state index contributed by atoms with van der Waals surface area (Å²) in [7, 11) is 0. The SMILES string of the molecule is CC(C)Cc1ccc(C(C)C(=O)NC(=S)Nc2ccc(OCc3ccccc3)cc2)cc1. The van der Waals surface area contributed by atoms with Crippen LogP contribution in [0.3, 0.4) is 0 Å². The van der Waals surface area contributed by atoms with E-state index in [1.165, 1.54) is 5.56 Å². The van der Waals surface area contributed by atoms with Crippen molar-refractivity contribution in [2.45, 2.75) is 39.7 Å². The third-order valence-corrected chi connectivity index (χ3v) is 5.32. The summed E-state index contributed by atoms with van der Waals surface area (Å²) < 4.78 is 5.80. The summed E-state index contributed by atoms with van der Waals surface area (Å²) in [5, 5.41) is 6.11. The first-order valence-electron chi connectivity index (χ1n) is 10.9. The molecule has 0 heterocycles. The van der Waals surface area contributed by atoms with Crippen LogP contribution in [0.25, 0.3) is 0 Å². The van der Waals surface area contributed by atoms with E-state index in [9.17, 15) is 4.79 Å². The Balaban J connectivity index is 1.48. The number of carbonyl (C=O) groups is 1. The zero-order chi connectivity index (χ0) is 22.9. The van der Waals surface area contributed by atoms with Gasteiger partial charge in [-0.2, -0.15) is 0 Å². The summed E-state index contributed by atoms with van der Waals surface area (Å²) in [5.74, 6) is 0.942. The fourth-order valence-electron chi connectivity index (χ4n) is 3.32. The quantitative estimate of drug-likeness (QED) is 0.412. The van der Waals surface area contributed by atoms with Crippen molar-refractivity contribution < 1.29 is 9.53 Å². The molecule has 5 heteroatoms. The van der Waals surface area contributed by atoms with Crippen molar-refractivity contribution >= 4 is 28.9 Å². The van der Waals surface area contributed by atoms with Gasteiger partial charge in [-0.15, -0.1) is 0 Å². The number of nitrogens with one attached hydrogen (secondary N) is 2. The van der Waals surface area contributed by atoms with Gasteiger partial charge in [-0.3, -0.25) is 4.79 Å². The fraction of sp³-hybridized carbons (Fsp3) is 0.259. The van der Waals surface area contributed by atoms with Gasteiger partial charge in [-0.25, -0.2) is 0 Å². The summed E-state index contributed by atoms with van der Waals surface area (Å²) in [5.41, 5.74) is 4.15. The van der Waals surface area contributed by atoms with Gasteiger partial charge in [0.05, 0.1) is 5.92 Å².